The van der Waals surface area contributed by atoms with Crippen LogP contribution in [-0.4, -0.2) is 34.1 Å². The van der Waals surface area contributed by atoms with E-state index in [1.54, 1.807) is 6.20 Å². The maximum Gasteiger partial charge on any atom is 0.257 e. The van der Waals surface area contributed by atoms with Gasteiger partial charge < -0.3 is 4.90 Å². The molecule has 1 aliphatic heterocycles. The molecule has 4 heteroatoms. The lowest BCUT2D eigenvalue weighted by Crippen LogP contribution is -2.29. The fraction of sp³-hybridized carbons (Fsp3) is 0.368. The molecule has 1 aromatic heterocycles. The number of hydrogen-bond acceptors (Lipinski definition) is 2. The molecule has 2 aromatic rings. The van der Waals surface area contributed by atoms with Crippen molar-refractivity contribution >= 4 is 5.91 Å². The Bertz CT molecular complexity index is 745. The van der Waals surface area contributed by atoms with Gasteiger partial charge in [-0.15, -0.1) is 0 Å². The highest BCUT2D eigenvalue weighted by atomic mass is 16.2. The van der Waals surface area contributed by atoms with Gasteiger partial charge in [0, 0.05) is 18.7 Å². The summed E-state index contributed by atoms with van der Waals surface area (Å²) < 4.78 is 0. The number of nitrogens with one attached hydrogen (secondary N) is 1. The zero-order chi connectivity index (χ0) is 15.8. The third-order valence-electron chi connectivity index (χ3n) is 5.08. The summed E-state index contributed by atoms with van der Waals surface area (Å²) >= 11 is 0. The molecule has 0 spiro atoms. The molecule has 2 aliphatic rings. The Kier molecular flexibility index (Phi) is 3.52. The number of allylic oxidation sites excluding steroid dienone is 2. The predicted octanol–water partition coefficient (Wildman–Crippen LogP) is 3.42. The number of nitrogens with zero attached hydrogens (tertiary/aromatic N) is 2. The van der Waals surface area contributed by atoms with Gasteiger partial charge in [-0.1, -0.05) is 35.9 Å². The normalized spacial score (nSPS) is 23.1. The van der Waals surface area contributed by atoms with Crippen molar-refractivity contribution in [3.8, 4) is 11.3 Å². The fourth-order valence-corrected chi connectivity index (χ4v) is 3.82. The number of benzene rings is 1. The van der Waals surface area contributed by atoms with Gasteiger partial charge in [-0.3, -0.25) is 9.89 Å². The number of carbonyl (C=O) groups is 1. The lowest BCUT2D eigenvalue weighted by Gasteiger charge is -2.17. The second-order valence-corrected chi connectivity index (χ2v) is 6.70. The van der Waals surface area contributed by atoms with Gasteiger partial charge in [0.1, 0.15) is 0 Å². The van der Waals surface area contributed by atoms with E-state index in [0.29, 0.717) is 17.4 Å². The number of carbonyl (C=O) groups excluding carboxylic acids is 1. The van der Waals surface area contributed by atoms with Gasteiger partial charge in [0.05, 0.1) is 17.5 Å². The molecule has 118 valence electrons. The molecule has 1 N–H and O–H groups in total. The van der Waals surface area contributed by atoms with Gasteiger partial charge in [-0.2, -0.15) is 5.10 Å². The van der Waals surface area contributed by atoms with E-state index in [2.05, 4.69) is 41.4 Å². The molecule has 1 fully saturated rings. The minimum atomic E-state index is 0.102. The van der Waals surface area contributed by atoms with E-state index >= 15 is 0 Å². The van der Waals surface area contributed by atoms with Crippen LogP contribution in [0.15, 0.2) is 42.6 Å². The van der Waals surface area contributed by atoms with Gasteiger partial charge in [0.25, 0.3) is 5.91 Å². The number of fused-ring (bicyclic) bond motifs is 1. The van der Waals surface area contributed by atoms with Crippen molar-refractivity contribution in [2.24, 2.45) is 11.8 Å². The average molecular weight is 307 g/mol. The molecule has 0 unspecified atom stereocenters. The summed E-state index contributed by atoms with van der Waals surface area (Å²) in [6.45, 7) is 3.79. The smallest absolute Gasteiger partial charge is 0.257 e. The Morgan fingerprint density at radius 3 is 2.65 bits per heavy atom. The molecule has 2 atom stereocenters. The van der Waals surface area contributed by atoms with E-state index in [1.165, 1.54) is 5.56 Å². The topological polar surface area (TPSA) is 49.0 Å². The van der Waals surface area contributed by atoms with Gasteiger partial charge >= 0.3 is 0 Å². The highest BCUT2D eigenvalue weighted by molar-refractivity contribution is 6.00. The van der Waals surface area contributed by atoms with E-state index in [9.17, 15) is 4.79 Å². The van der Waals surface area contributed by atoms with E-state index in [-0.39, 0.29) is 5.91 Å². The van der Waals surface area contributed by atoms with Crippen LogP contribution in [0.1, 0.15) is 28.8 Å². The number of H-pyrrole nitrogens is 1. The molecule has 1 aromatic carbocycles. The van der Waals surface area contributed by atoms with Crippen molar-refractivity contribution in [2.75, 3.05) is 13.1 Å². The first kappa shape index (κ1) is 14.2. The molecule has 23 heavy (non-hydrogen) atoms. The van der Waals surface area contributed by atoms with Crippen molar-refractivity contribution in [3.63, 3.8) is 0 Å². The second-order valence-electron chi connectivity index (χ2n) is 6.70. The summed E-state index contributed by atoms with van der Waals surface area (Å²) in [6.07, 6.45) is 8.38. The van der Waals surface area contributed by atoms with Crippen molar-refractivity contribution in [3.05, 3.63) is 53.7 Å². The number of likely N-dealkylation sites (tertiary alicyclic amines) is 1. The summed E-state index contributed by atoms with van der Waals surface area (Å²) in [5.41, 5.74) is 3.70. The number of hydrogen-bond donors (Lipinski definition) is 1. The van der Waals surface area contributed by atoms with Crippen LogP contribution in [0, 0.1) is 18.8 Å². The van der Waals surface area contributed by atoms with E-state index in [4.69, 9.17) is 0 Å². The SMILES string of the molecule is Cc1cccc(-c2[nH]ncc2C(=O)N2C[C@H]3CC=CC[C@H]3C2)c1. The molecule has 0 saturated carbocycles. The molecule has 1 saturated heterocycles. The van der Waals surface area contributed by atoms with Crippen LogP contribution in [0.3, 0.4) is 0 Å². The first-order chi connectivity index (χ1) is 11.2. The number of aryl methyl sites for hydroxylation is 1. The van der Waals surface area contributed by atoms with Crippen LogP contribution in [0.2, 0.25) is 0 Å². The first-order valence-electron chi connectivity index (χ1n) is 8.27. The zero-order valence-electron chi connectivity index (χ0n) is 13.3. The number of rotatable bonds is 2. The Balaban J connectivity index is 1.60. The van der Waals surface area contributed by atoms with Crippen molar-refractivity contribution < 1.29 is 4.79 Å². The predicted molar refractivity (Wildman–Crippen MR) is 90.0 cm³/mol. The third-order valence-corrected chi connectivity index (χ3v) is 5.08. The quantitative estimate of drug-likeness (QED) is 0.864. The maximum absolute atomic E-state index is 13.0. The largest absolute Gasteiger partial charge is 0.338 e. The van der Waals surface area contributed by atoms with Crippen molar-refractivity contribution in [1.82, 2.24) is 15.1 Å². The summed E-state index contributed by atoms with van der Waals surface area (Å²) in [5.74, 6) is 1.35. The Hall–Kier alpha value is -2.36. The van der Waals surface area contributed by atoms with E-state index in [0.717, 1.165) is 37.2 Å². The average Bonchev–Trinajstić information content (AvgIpc) is 3.21. The molecule has 1 amide bonds. The number of aromatic nitrogens is 2. The lowest BCUT2D eigenvalue weighted by atomic mass is 9.86. The van der Waals surface area contributed by atoms with Gasteiger partial charge in [-0.05, 0) is 37.7 Å². The summed E-state index contributed by atoms with van der Waals surface area (Å²) in [5, 5.41) is 7.13. The van der Waals surface area contributed by atoms with Crippen LogP contribution >= 0.6 is 0 Å². The summed E-state index contributed by atoms with van der Waals surface area (Å²) in [7, 11) is 0. The summed E-state index contributed by atoms with van der Waals surface area (Å²) in [4.78, 5) is 15.0. The molecule has 1 aliphatic carbocycles. The fourth-order valence-electron chi connectivity index (χ4n) is 3.82. The van der Waals surface area contributed by atoms with Crippen LogP contribution < -0.4 is 0 Å². The molecule has 4 nitrogen and oxygen atoms in total. The van der Waals surface area contributed by atoms with Crippen molar-refractivity contribution in [1.29, 1.82) is 0 Å². The Labute approximate surface area is 136 Å². The number of aromatic amines is 1. The second kappa shape index (κ2) is 5.69. The minimum absolute atomic E-state index is 0.102. The highest BCUT2D eigenvalue weighted by Crippen LogP contribution is 2.34. The standard InChI is InChI=1S/C19H21N3O/c1-13-5-4-8-14(9-13)18-17(10-20-21-18)19(23)22-11-15-6-2-3-7-16(15)12-22/h2-5,8-10,15-16H,6-7,11-12H2,1H3,(H,20,21)/t15-,16+. The minimum Gasteiger partial charge on any atom is -0.338 e. The Morgan fingerprint density at radius 1 is 1.22 bits per heavy atom. The van der Waals surface area contributed by atoms with E-state index < -0.39 is 0 Å². The molecular weight excluding hydrogens is 286 g/mol. The zero-order valence-corrected chi connectivity index (χ0v) is 13.3. The van der Waals surface area contributed by atoms with Crippen LogP contribution in [-0.2, 0) is 0 Å². The molecule has 2 heterocycles. The highest BCUT2D eigenvalue weighted by Gasteiger charge is 2.36. The molecular formula is C19H21N3O. The van der Waals surface area contributed by atoms with Gasteiger partial charge in [-0.25, -0.2) is 0 Å². The lowest BCUT2D eigenvalue weighted by molar-refractivity contribution is 0.0785. The van der Waals surface area contributed by atoms with Crippen LogP contribution in [0.4, 0.5) is 0 Å². The van der Waals surface area contributed by atoms with Gasteiger partial charge in [0.2, 0.25) is 0 Å². The molecule has 0 radical (unpaired) electrons. The van der Waals surface area contributed by atoms with Crippen LogP contribution in [0.5, 0.6) is 0 Å². The third kappa shape index (κ3) is 2.58. The maximum atomic E-state index is 13.0. The van der Waals surface area contributed by atoms with Gasteiger partial charge in [0.15, 0.2) is 0 Å². The summed E-state index contributed by atoms with van der Waals surface area (Å²) in [6, 6.07) is 8.16. The van der Waals surface area contributed by atoms with E-state index in [1.807, 2.05) is 17.0 Å². The van der Waals surface area contributed by atoms with Crippen molar-refractivity contribution in [2.45, 2.75) is 19.8 Å². The first-order valence-corrected chi connectivity index (χ1v) is 8.27. The monoisotopic (exact) mass is 307 g/mol. The Morgan fingerprint density at radius 2 is 1.96 bits per heavy atom. The number of amides is 1. The molecule has 4 rings (SSSR count). The molecule has 0 bridgehead atoms. The van der Waals surface area contributed by atoms with Crippen LogP contribution in [0.25, 0.3) is 11.3 Å².